The van der Waals surface area contributed by atoms with Gasteiger partial charge in [0, 0.05) is 45.4 Å². The van der Waals surface area contributed by atoms with Crippen LogP contribution in [0.2, 0.25) is 0 Å². The van der Waals surface area contributed by atoms with Gasteiger partial charge in [-0.15, -0.1) is 0 Å². The lowest BCUT2D eigenvalue weighted by Gasteiger charge is -2.32. The molecular formula is C17H23N3O2S. The molecule has 0 bridgehead atoms. The van der Waals surface area contributed by atoms with E-state index < -0.39 is 9.73 Å². The molecule has 1 saturated heterocycles. The Morgan fingerprint density at radius 3 is 2.74 bits per heavy atom. The third-order valence-electron chi connectivity index (χ3n) is 4.60. The summed E-state index contributed by atoms with van der Waals surface area (Å²) in [5.41, 5.74) is 2.19. The van der Waals surface area contributed by atoms with Crippen LogP contribution in [-0.4, -0.2) is 45.8 Å². The molecule has 1 fully saturated rings. The van der Waals surface area contributed by atoms with Gasteiger partial charge in [-0.05, 0) is 49.7 Å². The van der Waals surface area contributed by atoms with Crippen molar-refractivity contribution >= 4 is 20.6 Å². The van der Waals surface area contributed by atoms with Gasteiger partial charge >= 0.3 is 0 Å². The molecule has 5 nitrogen and oxygen atoms in total. The molecule has 0 radical (unpaired) electrons. The Morgan fingerprint density at radius 1 is 1.35 bits per heavy atom. The fourth-order valence-corrected chi connectivity index (χ4v) is 4.32. The molecule has 1 unspecified atom stereocenters. The van der Waals surface area contributed by atoms with Gasteiger partial charge in [-0.25, -0.2) is 4.21 Å². The van der Waals surface area contributed by atoms with E-state index in [0.717, 1.165) is 49.1 Å². The molecule has 124 valence electrons. The Bertz CT molecular complexity index is 797. The van der Waals surface area contributed by atoms with Gasteiger partial charge in [0.2, 0.25) is 0 Å². The van der Waals surface area contributed by atoms with E-state index in [4.69, 9.17) is 9.52 Å². The van der Waals surface area contributed by atoms with E-state index in [0.29, 0.717) is 0 Å². The average Bonchev–Trinajstić information content (AvgIpc) is 2.54. The van der Waals surface area contributed by atoms with Crippen LogP contribution >= 0.6 is 0 Å². The van der Waals surface area contributed by atoms with Gasteiger partial charge in [-0.3, -0.25) is 14.7 Å². The van der Waals surface area contributed by atoms with Crippen LogP contribution in [0.15, 0.2) is 30.5 Å². The fourth-order valence-electron chi connectivity index (χ4n) is 3.21. The van der Waals surface area contributed by atoms with Crippen LogP contribution < -0.4 is 4.74 Å². The fraction of sp³-hybridized carbons (Fsp3) is 0.471. The number of hydrogen-bond acceptors (Lipinski definition) is 5. The summed E-state index contributed by atoms with van der Waals surface area (Å²) < 4.78 is 24.9. The van der Waals surface area contributed by atoms with Crippen molar-refractivity contribution < 1.29 is 8.95 Å². The van der Waals surface area contributed by atoms with Crippen LogP contribution in [-0.2, 0) is 16.3 Å². The topological polar surface area (TPSA) is 66.3 Å². The van der Waals surface area contributed by atoms with E-state index in [1.807, 2.05) is 18.3 Å². The molecule has 23 heavy (non-hydrogen) atoms. The molecule has 1 aliphatic rings. The minimum atomic E-state index is -2.42. The van der Waals surface area contributed by atoms with Crippen molar-refractivity contribution in [2.75, 3.05) is 26.5 Å². The largest absolute Gasteiger partial charge is 0.497 e. The summed E-state index contributed by atoms with van der Waals surface area (Å²) in [5, 5.41) is 1.19. The molecule has 1 aliphatic heterocycles. The zero-order valence-electron chi connectivity index (χ0n) is 13.6. The lowest BCUT2D eigenvalue weighted by Crippen LogP contribution is -2.38. The van der Waals surface area contributed by atoms with Crippen LogP contribution in [0, 0.1) is 4.78 Å². The molecule has 0 saturated carbocycles. The molecule has 0 amide bonds. The van der Waals surface area contributed by atoms with Gasteiger partial charge < -0.3 is 4.74 Å². The predicted molar refractivity (Wildman–Crippen MR) is 93.4 cm³/mol. The summed E-state index contributed by atoms with van der Waals surface area (Å²) in [6.45, 7) is 2.66. The smallest absolute Gasteiger partial charge is 0.121 e. The molecule has 1 N–H and O–H groups in total. The molecular weight excluding hydrogens is 310 g/mol. The highest BCUT2D eigenvalue weighted by molar-refractivity contribution is 7.92. The van der Waals surface area contributed by atoms with Crippen LogP contribution in [0.25, 0.3) is 10.9 Å². The van der Waals surface area contributed by atoms with Crippen molar-refractivity contribution in [2.24, 2.45) is 0 Å². The average molecular weight is 333 g/mol. The summed E-state index contributed by atoms with van der Waals surface area (Å²) in [4.78, 5) is 6.80. The summed E-state index contributed by atoms with van der Waals surface area (Å²) in [6.07, 6.45) is 5.09. The van der Waals surface area contributed by atoms with E-state index in [2.05, 4.69) is 22.0 Å². The van der Waals surface area contributed by atoms with Gasteiger partial charge in [0.25, 0.3) is 0 Å². The molecule has 0 aliphatic carbocycles. The van der Waals surface area contributed by atoms with Crippen molar-refractivity contribution in [3.8, 4) is 5.75 Å². The second kappa shape index (κ2) is 6.45. The first kappa shape index (κ1) is 16.2. The number of rotatable bonds is 4. The van der Waals surface area contributed by atoms with Gasteiger partial charge in [-0.1, -0.05) is 0 Å². The first-order valence-electron chi connectivity index (χ1n) is 7.84. The Hall–Kier alpha value is -1.66. The van der Waals surface area contributed by atoms with Crippen LogP contribution in [0.3, 0.4) is 0 Å². The quantitative estimate of drug-likeness (QED) is 0.934. The molecule has 1 aromatic carbocycles. The van der Waals surface area contributed by atoms with E-state index in [1.165, 1.54) is 5.56 Å². The Morgan fingerprint density at radius 2 is 2.09 bits per heavy atom. The van der Waals surface area contributed by atoms with E-state index >= 15 is 0 Å². The van der Waals surface area contributed by atoms with Crippen LogP contribution in [0.1, 0.15) is 18.4 Å². The lowest BCUT2D eigenvalue weighted by atomic mass is 10.1. The highest BCUT2D eigenvalue weighted by atomic mass is 32.2. The maximum atomic E-state index is 11.9. The van der Waals surface area contributed by atoms with Crippen molar-refractivity contribution in [1.82, 2.24) is 9.88 Å². The highest BCUT2D eigenvalue weighted by Gasteiger charge is 2.24. The third-order valence-corrected chi connectivity index (χ3v) is 6.35. The molecule has 2 aromatic rings. The van der Waals surface area contributed by atoms with Gasteiger partial charge in [0.15, 0.2) is 0 Å². The number of pyridine rings is 1. The number of methoxy groups -OCH3 is 1. The first-order chi connectivity index (χ1) is 11.0. The summed E-state index contributed by atoms with van der Waals surface area (Å²) in [6, 6.07) is 8.05. The maximum absolute atomic E-state index is 11.9. The molecule has 1 aromatic heterocycles. The van der Waals surface area contributed by atoms with Gasteiger partial charge in [0.1, 0.15) is 5.75 Å². The third kappa shape index (κ3) is 3.64. The number of hydrogen-bond donors (Lipinski definition) is 1. The SMILES string of the molecule is COc1ccc2c(CN3CCC(S(C)(=N)=O)CC3)ccnc2c1. The monoisotopic (exact) mass is 333 g/mol. The van der Waals surface area contributed by atoms with Gasteiger partial charge in [-0.2, -0.15) is 0 Å². The standard InChI is InChI=1S/C17H23N3O2S/c1-22-14-3-4-16-13(5-8-19-17(16)11-14)12-20-9-6-15(7-10-20)23(2,18)21/h3-5,8,11,15,18H,6-7,9-10,12H2,1-2H3. The molecule has 2 heterocycles. The number of fused-ring (bicyclic) bond motifs is 1. The summed E-state index contributed by atoms with van der Waals surface area (Å²) in [7, 11) is -0.755. The number of aromatic nitrogens is 1. The second-order valence-corrected chi connectivity index (χ2v) is 8.71. The number of piperidine rings is 1. The summed E-state index contributed by atoms with van der Waals surface area (Å²) >= 11 is 0. The van der Waals surface area contributed by atoms with E-state index in [-0.39, 0.29) is 5.25 Å². The normalized spacial score (nSPS) is 19.6. The predicted octanol–water partition coefficient (Wildman–Crippen LogP) is 2.88. The Balaban J connectivity index is 1.75. The minimum Gasteiger partial charge on any atom is -0.497 e. The number of ether oxygens (including phenoxy) is 1. The zero-order chi connectivity index (χ0) is 16.4. The first-order valence-corrected chi connectivity index (χ1v) is 9.87. The minimum absolute atomic E-state index is 0.0391. The van der Waals surface area contributed by atoms with Crippen LogP contribution in [0.4, 0.5) is 0 Å². The van der Waals surface area contributed by atoms with E-state index in [9.17, 15) is 4.21 Å². The zero-order valence-corrected chi connectivity index (χ0v) is 14.4. The molecule has 0 spiro atoms. The van der Waals surface area contributed by atoms with Crippen molar-refractivity contribution in [3.05, 3.63) is 36.0 Å². The Labute approximate surface area is 137 Å². The van der Waals surface area contributed by atoms with E-state index in [1.54, 1.807) is 13.4 Å². The van der Waals surface area contributed by atoms with Crippen molar-refractivity contribution in [2.45, 2.75) is 24.6 Å². The second-order valence-electron chi connectivity index (χ2n) is 6.23. The number of likely N-dealkylation sites (tertiary alicyclic amines) is 1. The lowest BCUT2D eigenvalue weighted by molar-refractivity contribution is 0.224. The maximum Gasteiger partial charge on any atom is 0.121 e. The number of nitrogens with zero attached hydrogens (tertiary/aromatic N) is 2. The Kier molecular flexibility index (Phi) is 4.55. The van der Waals surface area contributed by atoms with Gasteiger partial charge in [0.05, 0.1) is 12.6 Å². The number of benzene rings is 1. The molecule has 6 heteroatoms. The highest BCUT2D eigenvalue weighted by Crippen LogP contribution is 2.25. The number of nitrogens with one attached hydrogen (secondary N) is 1. The molecule has 3 rings (SSSR count). The van der Waals surface area contributed by atoms with Crippen molar-refractivity contribution in [1.29, 1.82) is 4.78 Å². The molecule has 1 atom stereocenters. The summed E-state index contributed by atoms with van der Waals surface area (Å²) in [5.74, 6) is 0.816. The van der Waals surface area contributed by atoms with Crippen molar-refractivity contribution in [3.63, 3.8) is 0 Å². The van der Waals surface area contributed by atoms with Crippen LogP contribution in [0.5, 0.6) is 5.75 Å².